The molecule has 0 bridgehead atoms. The maximum Gasteiger partial charge on any atom is 0.0547 e. The van der Waals surface area contributed by atoms with Crippen molar-refractivity contribution >= 4 is 43.6 Å². The topological polar surface area (TPSA) is 9.86 Å². The van der Waals surface area contributed by atoms with Crippen LogP contribution in [-0.2, 0) is 6.42 Å². The lowest BCUT2D eigenvalue weighted by atomic mass is 9.98. The van der Waals surface area contributed by atoms with Crippen molar-refractivity contribution in [2.24, 2.45) is 0 Å². The molecule has 0 spiro atoms. The molecule has 9 aromatic rings. The predicted molar refractivity (Wildman–Crippen MR) is 189 cm³/mol. The van der Waals surface area contributed by atoms with Crippen LogP contribution >= 0.6 is 0 Å². The van der Waals surface area contributed by atoms with Gasteiger partial charge >= 0.3 is 0 Å². The molecule has 2 aromatic heterocycles. The van der Waals surface area contributed by atoms with Gasteiger partial charge in [-0.25, -0.2) is 0 Å². The van der Waals surface area contributed by atoms with E-state index in [9.17, 15) is 0 Å². The van der Waals surface area contributed by atoms with E-state index in [1.54, 1.807) is 0 Å². The molecule has 2 nitrogen and oxygen atoms in total. The fourth-order valence-corrected chi connectivity index (χ4v) is 7.87. The first-order valence-electron chi connectivity index (χ1n) is 15.7. The molecular formula is C43H28N2. The molecule has 2 heterocycles. The minimum atomic E-state index is 0.960. The lowest BCUT2D eigenvalue weighted by Gasteiger charge is -2.13. The maximum atomic E-state index is 2.49. The third kappa shape index (κ3) is 3.45. The van der Waals surface area contributed by atoms with Crippen molar-refractivity contribution in [2.75, 3.05) is 0 Å². The van der Waals surface area contributed by atoms with E-state index in [2.05, 4.69) is 167 Å². The van der Waals surface area contributed by atoms with Crippen molar-refractivity contribution in [2.45, 2.75) is 6.42 Å². The number of fused-ring (bicyclic) bond motifs is 9. The number of hydrogen-bond donors (Lipinski definition) is 0. The molecule has 0 saturated heterocycles. The van der Waals surface area contributed by atoms with Crippen LogP contribution in [0.3, 0.4) is 0 Å². The molecule has 0 unspecified atom stereocenters. The van der Waals surface area contributed by atoms with Crippen LogP contribution in [0.15, 0.2) is 158 Å². The summed E-state index contributed by atoms with van der Waals surface area (Å²) in [4.78, 5) is 0. The van der Waals surface area contributed by atoms with Gasteiger partial charge in [-0.2, -0.15) is 0 Å². The number of para-hydroxylation sites is 3. The summed E-state index contributed by atoms with van der Waals surface area (Å²) in [5, 5.41) is 5.12. The highest BCUT2D eigenvalue weighted by molar-refractivity contribution is 6.17. The van der Waals surface area contributed by atoms with Crippen LogP contribution in [0.2, 0.25) is 0 Å². The van der Waals surface area contributed by atoms with Gasteiger partial charge in [0.2, 0.25) is 0 Å². The van der Waals surface area contributed by atoms with Gasteiger partial charge in [0.25, 0.3) is 0 Å². The average molecular weight is 573 g/mol. The van der Waals surface area contributed by atoms with E-state index in [1.165, 1.54) is 88.4 Å². The zero-order chi connectivity index (χ0) is 29.5. The Kier molecular flexibility index (Phi) is 5.09. The zero-order valence-electron chi connectivity index (χ0n) is 24.6. The Morgan fingerprint density at radius 2 is 1.04 bits per heavy atom. The summed E-state index contributed by atoms with van der Waals surface area (Å²) >= 11 is 0. The Bertz CT molecular complexity index is 2620. The van der Waals surface area contributed by atoms with E-state index in [-0.39, 0.29) is 0 Å². The van der Waals surface area contributed by atoms with Crippen molar-refractivity contribution in [1.82, 2.24) is 9.13 Å². The molecular weight excluding hydrogens is 544 g/mol. The van der Waals surface area contributed by atoms with E-state index < -0.39 is 0 Å². The minimum absolute atomic E-state index is 0.960. The van der Waals surface area contributed by atoms with Gasteiger partial charge in [-0.15, -0.1) is 0 Å². The Morgan fingerprint density at radius 1 is 0.400 bits per heavy atom. The Labute approximate surface area is 261 Å². The first kappa shape index (κ1) is 24.6. The number of nitrogens with zero attached hydrogens (tertiary/aromatic N) is 2. The maximum absolute atomic E-state index is 2.49. The lowest BCUT2D eigenvalue weighted by Crippen LogP contribution is -1.99. The largest absolute Gasteiger partial charge is 0.309 e. The number of rotatable bonds is 3. The van der Waals surface area contributed by atoms with E-state index in [0.29, 0.717) is 0 Å². The molecule has 0 aliphatic heterocycles. The van der Waals surface area contributed by atoms with E-state index >= 15 is 0 Å². The second kappa shape index (κ2) is 9.32. The monoisotopic (exact) mass is 572 g/mol. The molecule has 1 aliphatic rings. The van der Waals surface area contributed by atoms with Crippen molar-refractivity contribution in [1.29, 1.82) is 0 Å². The summed E-state index contributed by atoms with van der Waals surface area (Å²) in [7, 11) is 0. The van der Waals surface area contributed by atoms with Crippen molar-refractivity contribution in [3.63, 3.8) is 0 Å². The smallest absolute Gasteiger partial charge is 0.0547 e. The highest BCUT2D eigenvalue weighted by atomic mass is 15.0. The molecule has 10 rings (SSSR count). The van der Waals surface area contributed by atoms with E-state index in [0.717, 1.165) is 6.42 Å². The van der Waals surface area contributed by atoms with Gasteiger partial charge in [0, 0.05) is 33.7 Å². The fraction of sp³-hybridized carbons (Fsp3) is 0.0233. The third-order valence-electron chi connectivity index (χ3n) is 9.76. The molecule has 210 valence electrons. The van der Waals surface area contributed by atoms with Crippen LogP contribution in [0.4, 0.5) is 0 Å². The van der Waals surface area contributed by atoms with Gasteiger partial charge in [0.05, 0.1) is 27.8 Å². The van der Waals surface area contributed by atoms with Crippen LogP contribution < -0.4 is 0 Å². The van der Waals surface area contributed by atoms with Gasteiger partial charge in [-0.05, 0) is 81.9 Å². The quantitative estimate of drug-likeness (QED) is 0.199. The van der Waals surface area contributed by atoms with Crippen LogP contribution in [0.5, 0.6) is 0 Å². The molecule has 0 radical (unpaired) electrons. The summed E-state index contributed by atoms with van der Waals surface area (Å²) in [6.45, 7) is 0. The highest BCUT2D eigenvalue weighted by Crippen LogP contribution is 2.44. The molecule has 0 amide bonds. The van der Waals surface area contributed by atoms with E-state index in [1.807, 2.05) is 0 Å². The molecule has 45 heavy (non-hydrogen) atoms. The van der Waals surface area contributed by atoms with Gasteiger partial charge in [0.15, 0.2) is 0 Å². The summed E-state index contributed by atoms with van der Waals surface area (Å²) in [6, 6.07) is 57.8. The Balaban J connectivity index is 1.23. The van der Waals surface area contributed by atoms with Crippen LogP contribution in [0.25, 0.3) is 77.2 Å². The fourth-order valence-electron chi connectivity index (χ4n) is 7.87. The summed E-state index contributed by atoms with van der Waals surface area (Å²) in [5.41, 5.74) is 15.4. The standard InChI is InChI=1S/C43H28N2/c1-2-13-30(14-3-1)44-39-21-9-7-17-35(39)43-32(18-10-23-42(43)44)29-24-25-41-37(27-29)34-16-6-8-20-38(34)45(41)40-22-11-19-33-31-15-5-4-12-28(31)26-36(33)40/h1-25,27H,26H2. The number of benzene rings is 7. The SMILES string of the molecule is c1ccc(-n2c3ccccc3c3c(-c4ccc5c(c4)c4ccccc4n5-c4cccc5c4Cc4ccccc4-5)cccc32)cc1. The first-order valence-corrected chi connectivity index (χ1v) is 15.7. The minimum Gasteiger partial charge on any atom is -0.309 e. The van der Waals surface area contributed by atoms with Crippen molar-refractivity contribution in [3.8, 4) is 33.6 Å². The second-order valence-electron chi connectivity index (χ2n) is 12.1. The van der Waals surface area contributed by atoms with Crippen LogP contribution in [-0.4, -0.2) is 9.13 Å². The molecule has 0 fully saturated rings. The van der Waals surface area contributed by atoms with Crippen LogP contribution in [0.1, 0.15) is 11.1 Å². The van der Waals surface area contributed by atoms with Gasteiger partial charge in [0.1, 0.15) is 0 Å². The van der Waals surface area contributed by atoms with Gasteiger partial charge < -0.3 is 9.13 Å². The molecule has 0 N–H and O–H groups in total. The molecule has 0 atom stereocenters. The first-order chi connectivity index (χ1) is 22.3. The second-order valence-corrected chi connectivity index (χ2v) is 12.1. The molecule has 0 saturated carbocycles. The Hall–Kier alpha value is -5.86. The Morgan fingerprint density at radius 3 is 1.93 bits per heavy atom. The zero-order valence-corrected chi connectivity index (χ0v) is 24.6. The highest BCUT2D eigenvalue weighted by Gasteiger charge is 2.24. The summed E-state index contributed by atoms with van der Waals surface area (Å²) in [6.07, 6.45) is 0.960. The molecule has 2 heteroatoms. The van der Waals surface area contributed by atoms with Crippen molar-refractivity contribution < 1.29 is 0 Å². The van der Waals surface area contributed by atoms with Gasteiger partial charge in [-0.3, -0.25) is 0 Å². The number of aromatic nitrogens is 2. The molecule has 1 aliphatic carbocycles. The average Bonchev–Trinajstić information content (AvgIpc) is 3.76. The normalized spacial score (nSPS) is 12.4. The predicted octanol–water partition coefficient (Wildman–Crippen LogP) is 11.1. The molecule has 7 aromatic carbocycles. The third-order valence-corrected chi connectivity index (χ3v) is 9.76. The van der Waals surface area contributed by atoms with Gasteiger partial charge in [-0.1, -0.05) is 109 Å². The van der Waals surface area contributed by atoms with Crippen molar-refractivity contribution in [3.05, 3.63) is 169 Å². The summed E-state index contributed by atoms with van der Waals surface area (Å²) in [5.74, 6) is 0. The number of hydrogen-bond acceptors (Lipinski definition) is 0. The lowest BCUT2D eigenvalue weighted by molar-refractivity contribution is 1.12. The van der Waals surface area contributed by atoms with E-state index in [4.69, 9.17) is 0 Å². The van der Waals surface area contributed by atoms with Crippen LogP contribution in [0, 0.1) is 0 Å². The summed E-state index contributed by atoms with van der Waals surface area (Å²) < 4.78 is 4.88.